The summed E-state index contributed by atoms with van der Waals surface area (Å²) in [5.41, 5.74) is 2.30. The Kier molecular flexibility index (Phi) is 6.73. The van der Waals surface area contributed by atoms with E-state index < -0.39 is 0 Å². The molecule has 0 bridgehead atoms. The third-order valence-corrected chi connectivity index (χ3v) is 5.09. The highest BCUT2D eigenvalue weighted by Crippen LogP contribution is 2.25. The summed E-state index contributed by atoms with van der Waals surface area (Å²) in [6.45, 7) is 6.29. The van der Waals surface area contributed by atoms with Gasteiger partial charge in [0, 0.05) is 4.90 Å². The smallest absolute Gasteiger partial charge is 0.230 e. The minimum atomic E-state index is 0.000811. The summed E-state index contributed by atoms with van der Waals surface area (Å²) in [6, 6.07) is 16.0. The number of benzene rings is 2. The number of carbonyl (C=O) groups excluding carboxylic acids is 1. The van der Waals surface area contributed by atoms with Crippen LogP contribution in [0.15, 0.2) is 53.4 Å². The van der Waals surface area contributed by atoms with Gasteiger partial charge in [0.2, 0.25) is 5.91 Å². The maximum atomic E-state index is 12.4. The minimum absolute atomic E-state index is 0.000811. The molecule has 0 saturated heterocycles. The number of amides is 1. The highest BCUT2D eigenvalue weighted by atomic mass is 32.2. The van der Waals surface area contributed by atoms with Gasteiger partial charge in [-0.25, -0.2) is 0 Å². The molecule has 0 spiro atoms. The van der Waals surface area contributed by atoms with E-state index in [0.717, 1.165) is 16.2 Å². The summed E-state index contributed by atoms with van der Waals surface area (Å²) >= 11 is 1.58. The predicted molar refractivity (Wildman–Crippen MR) is 101 cm³/mol. The van der Waals surface area contributed by atoms with E-state index in [-0.39, 0.29) is 11.9 Å². The zero-order chi connectivity index (χ0) is 17.5. The van der Waals surface area contributed by atoms with Crippen LogP contribution in [0.1, 0.15) is 31.0 Å². The van der Waals surface area contributed by atoms with Crippen LogP contribution >= 0.6 is 11.8 Å². The van der Waals surface area contributed by atoms with Crippen LogP contribution in [0.25, 0.3) is 0 Å². The molecule has 2 rings (SSSR count). The number of hydrogen-bond acceptors (Lipinski definition) is 3. The topological polar surface area (TPSA) is 38.3 Å². The Labute approximate surface area is 148 Å². The number of ether oxygens (including phenoxy) is 1. The lowest BCUT2D eigenvalue weighted by molar-refractivity contribution is -0.119. The lowest BCUT2D eigenvalue weighted by Gasteiger charge is -2.23. The molecule has 128 valence electrons. The quantitative estimate of drug-likeness (QED) is 0.746. The van der Waals surface area contributed by atoms with Crippen LogP contribution in [-0.4, -0.2) is 18.8 Å². The first-order valence-corrected chi connectivity index (χ1v) is 9.11. The maximum Gasteiger partial charge on any atom is 0.230 e. The van der Waals surface area contributed by atoms with Crippen LogP contribution in [0.2, 0.25) is 0 Å². The van der Waals surface area contributed by atoms with Gasteiger partial charge in [0.15, 0.2) is 0 Å². The SMILES string of the molecule is COc1ccc([C@@H](NC(=O)CSc2ccccc2C)C(C)C)cc1. The highest BCUT2D eigenvalue weighted by molar-refractivity contribution is 8.00. The number of nitrogens with one attached hydrogen (secondary N) is 1. The second-order valence-electron chi connectivity index (χ2n) is 6.12. The van der Waals surface area contributed by atoms with Gasteiger partial charge >= 0.3 is 0 Å². The standard InChI is InChI=1S/C20H25NO2S/c1-14(2)20(16-9-11-17(23-4)12-10-16)21-19(22)13-24-18-8-6-5-7-15(18)3/h5-12,14,20H,13H2,1-4H3,(H,21,22)/t20-/m0/s1. The van der Waals surface area contributed by atoms with Gasteiger partial charge < -0.3 is 10.1 Å². The lowest BCUT2D eigenvalue weighted by atomic mass is 9.96. The molecule has 3 nitrogen and oxygen atoms in total. The molecule has 0 radical (unpaired) electrons. The van der Waals surface area contributed by atoms with Crippen molar-refractivity contribution in [2.75, 3.05) is 12.9 Å². The molecule has 24 heavy (non-hydrogen) atoms. The first-order valence-electron chi connectivity index (χ1n) is 8.13. The number of methoxy groups -OCH3 is 1. The molecule has 2 aromatic carbocycles. The van der Waals surface area contributed by atoms with E-state index in [4.69, 9.17) is 4.74 Å². The summed E-state index contributed by atoms with van der Waals surface area (Å²) in [5, 5.41) is 3.16. The highest BCUT2D eigenvalue weighted by Gasteiger charge is 2.18. The van der Waals surface area contributed by atoms with Crippen molar-refractivity contribution in [2.45, 2.75) is 31.7 Å². The van der Waals surface area contributed by atoms with Crippen molar-refractivity contribution in [3.63, 3.8) is 0 Å². The summed E-state index contributed by atoms with van der Waals surface area (Å²) in [6.07, 6.45) is 0. The fourth-order valence-corrected chi connectivity index (χ4v) is 3.36. The zero-order valence-corrected chi connectivity index (χ0v) is 15.5. The second-order valence-corrected chi connectivity index (χ2v) is 7.13. The molecular weight excluding hydrogens is 318 g/mol. The van der Waals surface area contributed by atoms with Crippen LogP contribution in [0, 0.1) is 12.8 Å². The van der Waals surface area contributed by atoms with Crippen molar-refractivity contribution in [1.82, 2.24) is 5.32 Å². The first kappa shape index (κ1) is 18.4. The number of thioether (sulfide) groups is 1. The number of rotatable bonds is 7. The largest absolute Gasteiger partial charge is 0.497 e. The predicted octanol–water partition coefficient (Wildman–Crippen LogP) is 4.61. The van der Waals surface area contributed by atoms with Gasteiger partial charge in [-0.3, -0.25) is 4.79 Å². The molecule has 0 aliphatic carbocycles. The van der Waals surface area contributed by atoms with Crippen molar-refractivity contribution in [3.8, 4) is 5.75 Å². The van der Waals surface area contributed by atoms with Crippen LogP contribution in [0.5, 0.6) is 5.75 Å². The van der Waals surface area contributed by atoms with Crippen molar-refractivity contribution >= 4 is 17.7 Å². The Hall–Kier alpha value is -1.94. The van der Waals surface area contributed by atoms with Gasteiger partial charge in [0.05, 0.1) is 18.9 Å². The van der Waals surface area contributed by atoms with Gasteiger partial charge in [-0.15, -0.1) is 11.8 Å². The molecule has 0 aliphatic heterocycles. The van der Waals surface area contributed by atoms with Gasteiger partial charge in [0.1, 0.15) is 5.75 Å². The van der Waals surface area contributed by atoms with Gasteiger partial charge in [-0.2, -0.15) is 0 Å². The molecule has 0 heterocycles. The molecular formula is C20H25NO2S. The Bertz CT molecular complexity index is 668. The number of aryl methyl sites for hydroxylation is 1. The molecule has 0 aromatic heterocycles. The van der Waals surface area contributed by atoms with Gasteiger partial charge in [-0.05, 0) is 42.2 Å². The van der Waals surface area contributed by atoms with E-state index in [1.807, 2.05) is 36.4 Å². The third-order valence-electron chi connectivity index (χ3n) is 3.91. The van der Waals surface area contributed by atoms with Crippen LogP contribution in [0.3, 0.4) is 0 Å². The second kappa shape index (κ2) is 8.78. The Morgan fingerprint density at radius 1 is 1.12 bits per heavy atom. The Morgan fingerprint density at radius 3 is 2.38 bits per heavy atom. The summed E-state index contributed by atoms with van der Waals surface area (Å²) in [5.74, 6) is 1.61. The van der Waals surface area contributed by atoms with Crippen molar-refractivity contribution < 1.29 is 9.53 Å². The van der Waals surface area contributed by atoms with E-state index in [9.17, 15) is 4.79 Å². The number of hydrogen-bond donors (Lipinski definition) is 1. The lowest BCUT2D eigenvalue weighted by Crippen LogP contribution is -2.33. The van der Waals surface area contributed by atoms with E-state index >= 15 is 0 Å². The van der Waals surface area contributed by atoms with E-state index in [0.29, 0.717) is 11.7 Å². The summed E-state index contributed by atoms with van der Waals surface area (Å²) < 4.78 is 5.20. The maximum absolute atomic E-state index is 12.4. The normalized spacial score (nSPS) is 12.0. The summed E-state index contributed by atoms with van der Waals surface area (Å²) in [4.78, 5) is 13.5. The molecule has 1 amide bonds. The zero-order valence-electron chi connectivity index (χ0n) is 14.7. The third kappa shape index (κ3) is 5.03. The average Bonchev–Trinajstić information content (AvgIpc) is 2.59. The molecule has 4 heteroatoms. The van der Waals surface area contributed by atoms with E-state index in [2.05, 4.69) is 38.2 Å². The van der Waals surface area contributed by atoms with Crippen molar-refractivity contribution in [2.24, 2.45) is 5.92 Å². The molecule has 2 aromatic rings. The Balaban J connectivity index is 1.99. The fourth-order valence-electron chi connectivity index (χ4n) is 2.52. The molecule has 1 N–H and O–H groups in total. The molecule has 0 fully saturated rings. The van der Waals surface area contributed by atoms with Gasteiger partial charge in [-0.1, -0.05) is 44.2 Å². The molecule has 0 aliphatic rings. The van der Waals surface area contributed by atoms with E-state index in [1.165, 1.54) is 5.56 Å². The summed E-state index contributed by atoms with van der Waals surface area (Å²) in [7, 11) is 1.65. The first-order chi connectivity index (χ1) is 11.5. The van der Waals surface area contributed by atoms with E-state index in [1.54, 1.807) is 18.9 Å². The molecule has 0 unspecified atom stereocenters. The minimum Gasteiger partial charge on any atom is -0.497 e. The van der Waals surface area contributed by atoms with Crippen LogP contribution < -0.4 is 10.1 Å². The fraction of sp³-hybridized carbons (Fsp3) is 0.350. The Morgan fingerprint density at radius 2 is 1.79 bits per heavy atom. The average molecular weight is 343 g/mol. The van der Waals surface area contributed by atoms with Gasteiger partial charge in [0.25, 0.3) is 0 Å². The monoisotopic (exact) mass is 343 g/mol. The van der Waals surface area contributed by atoms with Crippen LogP contribution in [-0.2, 0) is 4.79 Å². The van der Waals surface area contributed by atoms with Crippen molar-refractivity contribution in [3.05, 3.63) is 59.7 Å². The van der Waals surface area contributed by atoms with Crippen molar-refractivity contribution in [1.29, 1.82) is 0 Å². The molecule has 1 atom stereocenters. The van der Waals surface area contributed by atoms with Crippen LogP contribution in [0.4, 0.5) is 0 Å². The number of carbonyl (C=O) groups is 1. The molecule has 0 saturated carbocycles.